The Hall–Kier alpha value is -1.08. The Morgan fingerprint density at radius 1 is 0.700 bits per heavy atom. The molecule has 0 bridgehead atoms. The fourth-order valence-corrected chi connectivity index (χ4v) is 2.43. The zero-order chi connectivity index (χ0) is 14.3. The van der Waals surface area contributed by atoms with Gasteiger partial charge in [0.1, 0.15) is 0 Å². The highest BCUT2D eigenvalue weighted by Gasteiger charge is 1.92. The maximum atomic E-state index is 5.48. The van der Waals surface area contributed by atoms with Crippen molar-refractivity contribution in [1.29, 1.82) is 0 Å². The largest absolute Gasteiger partial charge is 0.330 e. The van der Waals surface area contributed by atoms with Crippen LogP contribution in [0.2, 0.25) is 0 Å². The number of hydrogen-bond donors (Lipinski definition) is 1. The van der Waals surface area contributed by atoms with E-state index in [1.54, 1.807) is 0 Å². The van der Waals surface area contributed by atoms with Gasteiger partial charge in [0.2, 0.25) is 0 Å². The van der Waals surface area contributed by atoms with E-state index in [2.05, 4.69) is 42.5 Å². The van der Waals surface area contributed by atoms with E-state index in [4.69, 9.17) is 5.73 Å². The summed E-state index contributed by atoms with van der Waals surface area (Å²) in [6, 6.07) is 10.6. The van der Waals surface area contributed by atoms with E-state index in [9.17, 15) is 0 Å². The zero-order valence-electron chi connectivity index (χ0n) is 12.9. The van der Waals surface area contributed by atoms with Crippen molar-refractivity contribution in [3.05, 3.63) is 42.0 Å². The molecule has 0 aliphatic carbocycles. The Morgan fingerprint density at radius 3 is 1.85 bits per heavy atom. The molecule has 0 amide bonds. The molecule has 1 aromatic rings. The van der Waals surface area contributed by atoms with Crippen LogP contribution in [-0.4, -0.2) is 6.54 Å². The fourth-order valence-electron chi connectivity index (χ4n) is 2.43. The van der Waals surface area contributed by atoms with Gasteiger partial charge in [0, 0.05) is 0 Å². The molecule has 0 unspecified atom stereocenters. The van der Waals surface area contributed by atoms with Crippen LogP contribution in [0.5, 0.6) is 0 Å². The molecule has 20 heavy (non-hydrogen) atoms. The van der Waals surface area contributed by atoms with Crippen LogP contribution in [-0.2, 0) is 0 Å². The maximum absolute atomic E-state index is 5.48. The molecule has 0 spiro atoms. The van der Waals surface area contributed by atoms with Crippen LogP contribution in [0.3, 0.4) is 0 Å². The van der Waals surface area contributed by atoms with Crippen LogP contribution < -0.4 is 5.73 Å². The van der Waals surface area contributed by atoms with Gasteiger partial charge < -0.3 is 5.73 Å². The van der Waals surface area contributed by atoms with Gasteiger partial charge in [-0.1, -0.05) is 87.4 Å². The monoisotopic (exact) mass is 273 g/mol. The molecule has 1 heteroatoms. The van der Waals surface area contributed by atoms with Crippen molar-refractivity contribution in [3.8, 4) is 0 Å². The molecule has 112 valence electrons. The van der Waals surface area contributed by atoms with Crippen LogP contribution in [0, 0.1) is 0 Å². The third kappa shape index (κ3) is 9.80. The van der Waals surface area contributed by atoms with Crippen LogP contribution in [0.25, 0.3) is 6.08 Å². The second-order valence-electron chi connectivity index (χ2n) is 5.57. The summed E-state index contributed by atoms with van der Waals surface area (Å²) in [5.41, 5.74) is 6.79. The lowest BCUT2D eigenvalue weighted by atomic mass is 10.1. The summed E-state index contributed by atoms with van der Waals surface area (Å²) < 4.78 is 0. The first-order valence-corrected chi connectivity index (χ1v) is 8.35. The van der Waals surface area contributed by atoms with Crippen LogP contribution in [0.1, 0.15) is 69.8 Å². The number of rotatable bonds is 12. The van der Waals surface area contributed by atoms with Gasteiger partial charge in [-0.2, -0.15) is 0 Å². The highest BCUT2D eigenvalue weighted by Crippen LogP contribution is 2.11. The Kier molecular flexibility index (Phi) is 11.0. The lowest BCUT2D eigenvalue weighted by Gasteiger charge is -2.01. The molecule has 0 aliphatic rings. The Balaban J connectivity index is 1.84. The first-order valence-electron chi connectivity index (χ1n) is 8.35. The van der Waals surface area contributed by atoms with E-state index in [1.807, 2.05) is 0 Å². The minimum atomic E-state index is 0.858. The summed E-state index contributed by atoms with van der Waals surface area (Å²) in [6.07, 6.45) is 18.0. The molecule has 1 rings (SSSR count). The lowest BCUT2D eigenvalue weighted by molar-refractivity contribution is 0.562. The standard InChI is InChI=1S/C19H31N/c20-18-14-9-7-5-3-1-2-4-6-8-11-15-19-16-12-10-13-17-19/h10-13,15-17H,1-9,14,18,20H2. The van der Waals surface area contributed by atoms with Crippen molar-refractivity contribution in [1.82, 2.24) is 0 Å². The molecule has 0 fully saturated rings. The van der Waals surface area contributed by atoms with E-state index >= 15 is 0 Å². The van der Waals surface area contributed by atoms with Gasteiger partial charge in [0.15, 0.2) is 0 Å². The summed E-state index contributed by atoms with van der Waals surface area (Å²) >= 11 is 0. The predicted molar refractivity (Wildman–Crippen MR) is 90.7 cm³/mol. The van der Waals surface area contributed by atoms with E-state index in [0.717, 1.165) is 6.54 Å². The maximum Gasteiger partial charge on any atom is -0.00773 e. The molecular weight excluding hydrogens is 242 g/mol. The third-order valence-electron chi connectivity index (χ3n) is 3.68. The SMILES string of the molecule is NCCCCCCCCCCCC=Cc1ccccc1. The molecule has 1 nitrogen and oxygen atoms in total. The van der Waals surface area contributed by atoms with E-state index in [1.165, 1.54) is 69.8 Å². The Morgan fingerprint density at radius 2 is 1.25 bits per heavy atom. The van der Waals surface area contributed by atoms with E-state index < -0.39 is 0 Å². The molecule has 0 heterocycles. The second kappa shape index (κ2) is 12.9. The van der Waals surface area contributed by atoms with Gasteiger partial charge >= 0.3 is 0 Å². The van der Waals surface area contributed by atoms with Crippen molar-refractivity contribution < 1.29 is 0 Å². The highest BCUT2D eigenvalue weighted by molar-refractivity contribution is 5.48. The summed E-state index contributed by atoms with van der Waals surface area (Å²) in [7, 11) is 0. The van der Waals surface area contributed by atoms with Crippen LogP contribution in [0.15, 0.2) is 36.4 Å². The minimum absolute atomic E-state index is 0.858. The number of nitrogens with two attached hydrogens (primary N) is 1. The summed E-state index contributed by atoms with van der Waals surface area (Å²) in [6.45, 7) is 0.858. The van der Waals surface area contributed by atoms with Gasteiger partial charge in [-0.25, -0.2) is 0 Å². The quantitative estimate of drug-likeness (QED) is 0.496. The number of allylic oxidation sites excluding steroid dienone is 1. The van der Waals surface area contributed by atoms with E-state index in [-0.39, 0.29) is 0 Å². The molecule has 0 saturated heterocycles. The molecule has 0 aliphatic heterocycles. The molecular formula is C19H31N. The summed E-state index contributed by atoms with van der Waals surface area (Å²) in [5, 5.41) is 0. The average Bonchev–Trinajstić information content (AvgIpc) is 2.49. The van der Waals surface area contributed by atoms with Crippen LogP contribution in [0.4, 0.5) is 0 Å². The Bertz CT molecular complexity index is 329. The first-order chi connectivity index (χ1) is 9.93. The molecule has 2 N–H and O–H groups in total. The average molecular weight is 273 g/mol. The number of unbranched alkanes of at least 4 members (excludes halogenated alkanes) is 9. The van der Waals surface area contributed by atoms with Gasteiger partial charge in [-0.05, 0) is 31.4 Å². The number of benzene rings is 1. The molecule has 0 saturated carbocycles. The fraction of sp³-hybridized carbons (Fsp3) is 0.579. The van der Waals surface area contributed by atoms with Crippen molar-refractivity contribution in [2.75, 3.05) is 6.54 Å². The molecule has 0 aromatic heterocycles. The van der Waals surface area contributed by atoms with Gasteiger partial charge in [0.05, 0.1) is 0 Å². The van der Waals surface area contributed by atoms with E-state index in [0.29, 0.717) is 0 Å². The van der Waals surface area contributed by atoms with Gasteiger partial charge in [-0.3, -0.25) is 0 Å². The molecule has 0 radical (unpaired) electrons. The predicted octanol–water partition coefficient (Wildman–Crippen LogP) is 5.56. The van der Waals surface area contributed by atoms with Gasteiger partial charge in [0.25, 0.3) is 0 Å². The van der Waals surface area contributed by atoms with Crippen LogP contribution >= 0.6 is 0 Å². The topological polar surface area (TPSA) is 26.0 Å². The Labute approximate surface area is 125 Å². The molecule has 0 atom stereocenters. The zero-order valence-corrected chi connectivity index (χ0v) is 12.9. The lowest BCUT2D eigenvalue weighted by Crippen LogP contribution is -1.97. The van der Waals surface area contributed by atoms with Crippen molar-refractivity contribution >= 4 is 6.08 Å². The second-order valence-corrected chi connectivity index (χ2v) is 5.57. The van der Waals surface area contributed by atoms with Crippen molar-refractivity contribution in [3.63, 3.8) is 0 Å². The summed E-state index contributed by atoms with van der Waals surface area (Å²) in [5.74, 6) is 0. The molecule has 1 aromatic carbocycles. The number of hydrogen-bond acceptors (Lipinski definition) is 1. The first kappa shape index (κ1) is 17.0. The van der Waals surface area contributed by atoms with Crippen molar-refractivity contribution in [2.24, 2.45) is 5.73 Å². The normalized spacial score (nSPS) is 11.2. The third-order valence-corrected chi connectivity index (χ3v) is 3.68. The highest BCUT2D eigenvalue weighted by atomic mass is 14.5. The minimum Gasteiger partial charge on any atom is -0.330 e. The van der Waals surface area contributed by atoms with Crippen molar-refractivity contribution in [2.45, 2.75) is 64.2 Å². The smallest absolute Gasteiger partial charge is 0.00773 e. The summed E-state index contributed by atoms with van der Waals surface area (Å²) in [4.78, 5) is 0. The van der Waals surface area contributed by atoms with Gasteiger partial charge in [-0.15, -0.1) is 0 Å².